The number of methoxy groups -OCH3 is 1. The topological polar surface area (TPSA) is 38.3 Å². The molecule has 110 valence electrons. The summed E-state index contributed by atoms with van der Waals surface area (Å²) in [5.41, 5.74) is 2.23. The van der Waals surface area contributed by atoms with E-state index in [4.69, 9.17) is 4.74 Å². The lowest BCUT2D eigenvalue weighted by Crippen LogP contribution is -2.26. The summed E-state index contributed by atoms with van der Waals surface area (Å²) in [6.07, 6.45) is 0. The molecule has 4 heteroatoms. The molecule has 3 nitrogen and oxygen atoms in total. The van der Waals surface area contributed by atoms with Crippen LogP contribution in [0.3, 0.4) is 0 Å². The minimum atomic E-state index is -0.310. The lowest BCUT2D eigenvalue weighted by molar-refractivity contribution is 0.0939. The molecule has 2 aromatic carbocycles. The van der Waals surface area contributed by atoms with E-state index in [9.17, 15) is 9.18 Å². The van der Waals surface area contributed by atoms with Gasteiger partial charge in [0.15, 0.2) is 0 Å². The van der Waals surface area contributed by atoms with Crippen molar-refractivity contribution >= 4 is 5.91 Å². The van der Waals surface area contributed by atoms with E-state index in [1.807, 2.05) is 19.1 Å². The third kappa shape index (κ3) is 4.13. The third-order valence-electron chi connectivity index (χ3n) is 3.20. The van der Waals surface area contributed by atoms with Crippen LogP contribution in [0.15, 0.2) is 48.5 Å². The number of amides is 1. The fraction of sp³-hybridized carbons (Fsp3) is 0.235. The van der Waals surface area contributed by atoms with Gasteiger partial charge in [0, 0.05) is 12.7 Å². The third-order valence-corrected chi connectivity index (χ3v) is 3.20. The number of carbonyl (C=O) groups excluding carboxylic acids is 1. The van der Waals surface area contributed by atoms with Crippen LogP contribution in [0, 0.1) is 5.82 Å². The lowest BCUT2D eigenvalue weighted by Gasteiger charge is -2.15. The van der Waals surface area contributed by atoms with Crippen LogP contribution in [0.5, 0.6) is 0 Å². The number of hydrogen-bond donors (Lipinski definition) is 1. The highest BCUT2D eigenvalue weighted by Gasteiger charge is 2.12. The van der Waals surface area contributed by atoms with Crippen molar-refractivity contribution in [2.24, 2.45) is 0 Å². The van der Waals surface area contributed by atoms with Gasteiger partial charge in [0.1, 0.15) is 5.82 Å². The molecule has 0 aromatic heterocycles. The molecule has 1 atom stereocenters. The Bertz CT molecular complexity index is 628. The molecule has 0 aliphatic carbocycles. The number of hydrogen-bond acceptors (Lipinski definition) is 2. The van der Waals surface area contributed by atoms with E-state index in [1.165, 1.54) is 12.1 Å². The van der Waals surface area contributed by atoms with E-state index in [0.29, 0.717) is 12.2 Å². The summed E-state index contributed by atoms with van der Waals surface area (Å²) in [5, 5.41) is 2.86. The van der Waals surface area contributed by atoms with Crippen molar-refractivity contribution in [3.8, 4) is 0 Å². The SMILES string of the molecule is COCc1cccc(C(=O)NC(C)c2cccc(F)c2)c1. The van der Waals surface area contributed by atoms with Gasteiger partial charge in [-0.25, -0.2) is 4.39 Å². The molecule has 21 heavy (non-hydrogen) atoms. The Morgan fingerprint density at radius 2 is 2.00 bits per heavy atom. The first kappa shape index (κ1) is 15.2. The minimum Gasteiger partial charge on any atom is -0.380 e. The van der Waals surface area contributed by atoms with Crippen molar-refractivity contribution in [2.45, 2.75) is 19.6 Å². The summed E-state index contributed by atoms with van der Waals surface area (Å²) in [5.74, 6) is -0.500. The Hall–Kier alpha value is -2.20. The van der Waals surface area contributed by atoms with Crippen LogP contribution >= 0.6 is 0 Å². The molecule has 0 saturated heterocycles. The van der Waals surface area contributed by atoms with Crippen molar-refractivity contribution in [3.05, 3.63) is 71.0 Å². The molecule has 0 bridgehead atoms. The predicted octanol–water partition coefficient (Wildman–Crippen LogP) is 3.46. The molecule has 1 unspecified atom stereocenters. The number of rotatable bonds is 5. The second-order valence-corrected chi connectivity index (χ2v) is 4.88. The van der Waals surface area contributed by atoms with Gasteiger partial charge in [-0.1, -0.05) is 24.3 Å². The van der Waals surface area contributed by atoms with Gasteiger partial charge in [0.05, 0.1) is 12.6 Å². The van der Waals surface area contributed by atoms with E-state index in [0.717, 1.165) is 11.1 Å². The maximum absolute atomic E-state index is 13.2. The maximum Gasteiger partial charge on any atom is 0.251 e. The zero-order chi connectivity index (χ0) is 15.2. The summed E-state index contributed by atoms with van der Waals surface area (Å²) in [4.78, 5) is 12.2. The van der Waals surface area contributed by atoms with Gasteiger partial charge < -0.3 is 10.1 Å². The smallest absolute Gasteiger partial charge is 0.251 e. The zero-order valence-corrected chi connectivity index (χ0v) is 12.1. The van der Waals surface area contributed by atoms with Crippen molar-refractivity contribution in [2.75, 3.05) is 7.11 Å². The predicted molar refractivity (Wildman–Crippen MR) is 79.4 cm³/mol. The fourth-order valence-corrected chi connectivity index (χ4v) is 2.11. The Labute approximate surface area is 123 Å². The van der Waals surface area contributed by atoms with Crippen LogP contribution in [0.4, 0.5) is 4.39 Å². The highest BCUT2D eigenvalue weighted by Crippen LogP contribution is 2.15. The van der Waals surface area contributed by atoms with E-state index in [-0.39, 0.29) is 17.8 Å². The van der Waals surface area contributed by atoms with Crippen molar-refractivity contribution in [1.29, 1.82) is 0 Å². The first-order chi connectivity index (χ1) is 10.1. The Balaban J connectivity index is 2.08. The monoisotopic (exact) mass is 287 g/mol. The molecule has 0 heterocycles. The Kier molecular flexibility index (Phi) is 5.06. The van der Waals surface area contributed by atoms with Gasteiger partial charge >= 0.3 is 0 Å². The molecule has 0 fully saturated rings. The number of carbonyl (C=O) groups is 1. The molecule has 0 saturated carbocycles. The van der Waals surface area contributed by atoms with Gasteiger partial charge in [0.25, 0.3) is 5.91 Å². The summed E-state index contributed by atoms with van der Waals surface area (Å²) in [6, 6.07) is 13.2. The van der Waals surface area contributed by atoms with Gasteiger partial charge in [-0.3, -0.25) is 4.79 Å². The quantitative estimate of drug-likeness (QED) is 0.914. The van der Waals surface area contributed by atoms with E-state index in [2.05, 4.69) is 5.32 Å². The number of nitrogens with one attached hydrogen (secondary N) is 1. The van der Waals surface area contributed by atoms with Crippen molar-refractivity contribution < 1.29 is 13.9 Å². The van der Waals surface area contributed by atoms with E-state index >= 15 is 0 Å². The van der Waals surface area contributed by atoms with Crippen molar-refractivity contribution in [3.63, 3.8) is 0 Å². The Morgan fingerprint density at radius 3 is 2.71 bits per heavy atom. The van der Waals surface area contributed by atoms with Crippen LogP contribution in [0.2, 0.25) is 0 Å². The fourth-order valence-electron chi connectivity index (χ4n) is 2.11. The number of halogens is 1. The van der Waals surface area contributed by atoms with Crippen molar-refractivity contribution in [1.82, 2.24) is 5.32 Å². The summed E-state index contributed by atoms with van der Waals surface area (Å²) >= 11 is 0. The van der Waals surface area contributed by atoms with Crippen LogP contribution in [-0.2, 0) is 11.3 Å². The maximum atomic E-state index is 13.2. The summed E-state index contributed by atoms with van der Waals surface area (Å²) < 4.78 is 18.3. The molecule has 0 spiro atoms. The average molecular weight is 287 g/mol. The number of ether oxygens (including phenoxy) is 1. The van der Waals surface area contributed by atoms with Crippen LogP contribution in [0.25, 0.3) is 0 Å². The summed E-state index contributed by atoms with van der Waals surface area (Å²) in [6.45, 7) is 2.28. The first-order valence-electron chi connectivity index (χ1n) is 6.74. The van der Waals surface area contributed by atoms with Gasteiger partial charge in [0.2, 0.25) is 0 Å². The standard InChI is InChI=1S/C17H18FNO2/c1-12(14-6-4-8-16(18)10-14)19-17(20)15-7-3-5-13(9-15)11-21-2/h3-10,12H,11H2,1-2H3,(H,19,20). The molecular formula is C17H18FNO2. The zero-order valence-electron chi connectivity index (χ0n) is 12.1. The van der Waals surface area contributed by atoms with Crippen LogP contribution < -0.4 is 5.32 Å². The molecule has 0 radical (unpaired) electrons. The lowest BCUT2D eigenvalue weighted by atomic mass is 10.1. The van der Waals surface area contributed by atoms with E-state index < -0.39 is 0 Å². The molecule has 2 aromatic rings. The Morgan fingerprint density at radius 1 is 1.24 bits per heavy atom. The minimum absolute atomic E-state index is 0.190. The largest absolute Gasteiger partial charge is 0.380 e. The second kappa shape index (κ2) is 6.99. The molecule has 1 amide bonds. The van der Waals surface area contributed by atoms with Crippen LogP contribution in [-0.4, -0.2) is 13.0 Å². The van der Waals surface area contributed by atoms with Gasteiger partial charge in [-0.15, -0.1) is 0 Å². The molecule has 1 N–H and O–H groups in total. The molecule has 0 aliphatic heterocycles. The second-order valence-electron chi connectivity index (χ2n) is 4.88. The first-order valence-corrected chi connectivity index (χ1v) is 6.74. The highest BCUT2D eigenvalue weighted by atomic mass is 19.1. The van der Waals surface area contributed by atoms with E-state index in [1.54, 1.807) is 31.4 Å². The molecular weight excluding hydrogens is 269 g/mol. The summed E-state index contributed by atoms with van der Waals surface area (Å²) in [7, 11) is 1.61. The number of benzene rings is 2. The molecule has 2 rings (SSSR count). The van der Waals surface area contributed by atoms with Gasteiger partial charge in [-0.05, 0) is 42.3 Å². The normalized spacial score (nSPS) is 12.0. The highest BCUT2D eigenvalue weighted by molar-refractivity contribution is 5.94. The molecule has 0 aliphatic rings. The van der Waals surface area contributed by atoms with Crippen LogP contribution in [0.1, 0.15) is 34.5 Å². The van der Waals surface area contributed by atoms with Gasteiger partial charge in [-0.2, -0.15) is 0 Å². The average Bonchev–Trinajstić information content (AvgIpc) is 2.48.